The molecule has 1 aromatic heterocycles. The van der Waals surface area contributed by atoms with Gasteiger partial charge in [0.1, 0.15) is 0 Å². The first-order valence-corrected chi connectivity index (χ1v) is 10.7. The Morgan fingerprint density at radius 3 is 2.41 bits per heavy atom. The van der Waals surface area contributed by atoms with Crippen LogP contribution in [-0.2, 0) is 0 Å². The number of benzene rings is 3. The molecular formula is C26H26N4O2. The number of carbonyl (C=O) groups is 1. The van der Waals surface area contributed by atoms with Crippen LogP contribution in [0.2, 0.25) is 0 Å². The van der Waals surface area contributed by atoms with E-state index in [0.29, 0.717) is 41.3 Å². The van der Waals surface area contributed by atoms with Crippen LogP contribution in [0.5, 0.6) is 5.88 Å². The molecule has 0 radical (unpaired) electrons. The molecule has 0 bridgehead atoms. The van der Waals surface area contributed by atoms with Crippen LogP contribution in [0.25, 0.3) is 10.9 Å². The molecule has 0 atom stereocenters. The van der Waals surface area contributed by atoms with Crippen molar-refractivity contribution in [2.45, 2.75) is 13.8 Å². The Kier molecular flexibility index (Phi) is 5.94. The Morgan fingerprint density at radius 1 is 0.969 bits per heavy atom. The third-order valence-corrected chi connectivity index (χ3v) is 5.47. The van der Waals surface area contributed by atoms with E-state index in [1.165, 1.54) is 0 Å². The number of nitrogen functional groups attached to an aromatic ring is 1. The number of rotatable bonds is 6. The lowest BCUT2D eigenvalue weighted by Gasteiger charge is -2.18. The van der Waals surface area contributed by atoms with Crippen molar-refractivity contribution in [1.82, 2.24) is 9.88 Å². The number of nitrogens with zero attached hydrogens (tertiary/aromatic N) is 2. The Labute approximate surface area is 187 Å². The summed E-state index contributed by atoms with van der Waals surface area (Å²) in [6, 6.07) is 22.3. The number of aromatic amines is 1. The van der Waals surface area contributed by atoms with Gasteiger partial charge >= 0.3 is 0 Å². The first-order chi connectivity index (χ1) is 15.5. The number of aliphatic imine (C=N–C) groups is 1. The summed E-state index contributed by atoms with van der Waals surface area (Å²) in [6.45, 7) is 5.20. The fourth-order valence-electron chi connectivity index (χ4n) is 3.83. The zero-order chi connectivity index (χ0) is 22.7. The first kappa shape index (κ1) is 21.2. The van der Waals surface area contributed by atoms with Crippen LogP contribution in [0.4, 0.5) is 11.4 Å². The molecule has 4 rings (SSSR count). The first-order valence-electron chi connectivity index (χ1n) is 10.7. The van der Waals surface area contributed by atoms with Crippen molar-refractivity contribution < 1.29 is 9.90 Å². The van der Waals surface area contributed by atoms with Gasteiger partial charge in [-0.05, 0) is 50.2 Å². The smallest absolute Gasteiger partial charge is 0.253 e. The molecule has 0 fully saturated rings. The Morgan fingerprint density at radius 2 is 1.69 bits per heavy atom. The summed E-state index contributed by atoms with van der Waals surface area (Å²) in [5, 5.41) is 11.6. The normalized spacial score (nSPS) is 11.6. The highest BCUT2D eigenvalue weighted by atomic mass is 16.3. The van der Waals surface area contributed by atoms with Crippen molar-refractivity contribution in [3.63, 3.8) is 0 Å². The van der Waals surface area contributed by atoms with Gasteiger partial charge in [-0.25, -0.2) is 4.99 Å². The van der Waals surface area contributed by atoms with E-state index in [1.54, 1.807) is 23.1 Å². The average Bonchev–Trinajstić information content (AvgIpc) is 3.13. The number of H-pyrrole nitrogens is 1. The third-order valence-electron chi connectivity index (χ3n) is 5.47. The number of hydrogen-bond donors (Lipinski definition) is 3. The standard InChI is InChI=1S/C26H26N4O2/c1-3-30(4-2)26(32)18-11-8-12-20(15-18)28-24(17-9-6-5-7-10-17)23-21-16-19(27)13-14-22(21)29-25(23)31/h5-16,29,31H,3-4,27H2,1-2H3. The van der Waals surface area contributed by atoms with Crippen molar-refractivity contribution in [3.05, 3.63) is 89.5 Å². The van der Waals surface area contributed by atoms with E-state index in [1.807, 2.05) is 68.4 Å². The number of fused-ring (bicyclic) bond motifs is 1. The maximum atomic E-state index is 12.8. The van der Waals surface area contributed by atoms with Crippen LogP contribution in [-0.4, -0.2) is 39.7 Å². The van der Waals surface area contributed by atoms with Crippen molar-refractivity contribution >= 4 is 33.9 Å². The average molecular weight is 427 g/mol. The van der Waals surface area contributed by atoms with Crippen molar-refractivity contribution in [3.8, 4) is 5.88 Å². The summed E-state index contributed by atoms with van der Waals surface area (Å²) in [4.78, 5) is 22.5. The predicted octanol–water partition coefficient (Wildman–Crippen LogP) is 5.11. The number of hydrogen-bond acceptors (Lipinski definition) is 4. The van der Waals surface area contributed by atoms with Crippen molar-refractivity contribution in [1.29, 1.82) is 0 Å². The lowest BCUT2D eigenvalue weighted by molar-refractivity contribution is 0.0773. The SMILES string of the molecule is CCN(CC)C(=O)c1cccc(N=C(c2ccccc2)c2c(O)[nH]c3ccc(N)cc23)c1. The highest BCUT2D eigenvalue weighted by Crippen LogP contribution is 2.32. The van der Waals surface area contributed by atoms with Crippen LogP contribution >= 0.6 is 0 Å². The van der Waals surface area contributed by atoms with Crippen molar-refractivity contribution in [2.75, 3.05) is 18.8 Å². The third kappa shape index (κ3) is 4.07. The zero-order valence-corrected chi connectivity index (χ0v) is 18.2. The second-order valence-electron chi connectivity index (χ2n) is 7.51. The molecule has 3 aromatic carbocycles. The van der Waals surface area contributed by atoms with Gasteiger partial charge in [0.2, 0.25) is 0 Å². The maximum absolute atomic E-state index is 12.8. The number of carbonyl (C=O) groups excluding carboxylic acids is 1. The molecule has 6 nitrogen and oxygen atoms in total. The summed E-state index contributed by atoms with van der Waals surface area (Å²) < 4.78 is 0. The van der Waals surface area contributed by atoms with E-state index in [9.17, 15) is 9.90 Å². The monoisotopic (exact) mass is 426 g/mol. The molecule has 4 N–H and O–H groups in total. The number of aromatic nitrogens is 1. The van der Waals surface area contributed by atoms with Gasteiger partial charge in [0.05, 0.1) is 17.0 Å². The molecule has 1 heterocycles. The molecule has 32 heavy (non-hydrogen) atoms. The second-order valence-corrected chi connectivity index (χ2v) is 7.51. The molecular weight excluding hydrogens is 400 g/mol. The largest absolute Gasteiger partial charge is 0.494 e. The fourth-order valence-corrected chi connectivity index (χ4v) is 3.83. The molecule has 0 saturated carbocycles. The van der Waals surface area contributed by atoms with E-state index in [4.69, 9.17) is 10.7 Å². The molecule has 0 aliphatic carbocycles. The van der Waals surface area contributed by atoms with Gasteiger partial charge < -0.3 is 20.7 Å². The fraction of sp³-hybridized carbons (Fsp3) is 0.154. The summed E-state index contributed by atoms with van der Waals surface area (Å²) >= 11 is 0. The van der Waals surface area contributed by atoms with E-state index >= 15 is 0 Å². The maximum Gasteiger partial charge on any atom is 0.253 e. The number of aromatic hydroxyl groups is 1. The van der Waals surface area contributed by atoms with Crippen LogP contribution in [0.15, 0.2) is 77.8 Å². The number of nitrogens with two attached hydrogens (primary N) is 1. The summed E-state index contributed by atoms with van der Waals surface area (Å²) in [5.74, 6) is -0.0143. The predicted molar refractivity (Wildman–Crippen MR) is 130 cm³/mol. The quantitative estimate of drug-likeness (QED) is 0.295. The van der Waals surface area contributed by atoms with Gasteiger partial charge in [0, 0.05) is 40.8 Å². The van der Waals surface area contributed by atoms with Gasteiger partial charge in [-0.1, -0.05) is 36.4 Å². The summed E-state index contributed by atoms with van der Waals surface area (Å²) in [7, 11) is 0. The lowest BCUT2D eigenvalue weighted by Crippen LogP contribution is -2.30. The van der Waals surface area contributed by atoms with E-state index < -0.39 is 0 Å². The van der Waals surface area contributed by atoms with Gasteiger partial charge in [-0.15, -0.1) is 0 Å². The molecule has 4 aromatic rings. The zero-order valence-electron chi connectivity index (χ0n) is 18.2. The Balaban J connectivity index is 1.89. The van der Waals surface area contributed by atoms with Crippen LogP contribution in [0.1, 0.15) is 35.3 Å². The summed E-state index contributed by atoms with van der Waals surface area (Å²) in [5.41, 5.74) is 10.6. The number of nitrogens with one attached hydrogen (secondary N) is 1. The van der Waals surface area contributed by atoms with Gasteiger partial charge in [0.15, 0.2) is 5.88 Å². The molecule has 162 valence electrons. The molecule has 0 saturated heterocycles. The highest BCUT2D eigenvalue weighted by molar-refractivity contribution is 6.22. The topological polar surface area (TPSA) is 94.7 Å². The van der Waals surface area contributed by atoms with E-state index in [2.05, 4.69) is 4.98 Å². The minimum absolute atomic E-state index is 0.0172. The van der Waals surface area contributed by atoms with Crippen LogP contribution in [0, 0.1) is 0 Å². The summed E-state index contributed by atoms with van der Waals surface area (Å²) in [6.07, 6.45) is 0. The molecule has 1 amide bonds. The van der Waals surface area contributed by atoms with Gasteiger partial charge in [0.25, 0.3) is 5.91 Å². The Hall–Kier alpha value is -4.06. The molecule has 0 unspecified atom stereocenters. The highest BCUT2D eigenvalue weighted by Gasteiger charge is 2.19. The van der Waals surface area contributed by atoms with Crippen LogP contribution < -0.4 is 5.73 Å². The Bertz CT molecular complexity index is 1290. The van der Waals surface area contributed by atoms with Crippen molar-refractivity contribution in [2.24, 2.45) is 4.99 Å². The number of anilines is 1. The molecule has 0 aliphatic heterocycles. The lowest BCUT2D eigenvalue weighted by atomic mass is 10.0. The molecule has 6 heteroatoms. The molecule has 0 aliphatic rings. The minimum Gasteiger partial charge on any atom is -0.494 e. The second kappa shape index (κ2) is 8.98. The van der Waals surface area contributed by atoms with Crippen LogP contribution in [0.3, 0.4) is 0 Å². The number of amides is 1. The van der Waals surface area contributed by atoms with E-state index in [-0.39, 0.29) is 11.8 Å². The minimum atomic E-state index is -0.0315. The molecule has 0 spiro atoms. The van der Waals surface area contributed by atoms with Gasteiger partial charge in [-0.3, -0.25) is 4.79 Å². The van der Waals surface area contributed by atoms with E-state index in [0.717, 1.165) is 16.5 Å². The van der Waals surface area contributed by atoms with Gasteiger partial charge in [-0.2, -0.15) is 0 Å².